The van der Waals surface area contributed by atoms with Gasteiger partial charge in [-0.2, -0.15) is 0 Å². The Kier molecular flexibility index (Phi) is 33.7. The first-order valence-electron chi connectivity index (χ1n) is 24.4. The molecule has 0 aromatic carbocycles. The summed E-state index contributed by atoms with van der Waals surface area (Å²) in [6.45, 7) is 11.2. The molecule has 0 heterocycles. The molecule has 0 aromatic rings. The Balaban J connectivity index is 6.08. The number of aliphatic carboxylic acids is 1. The standard InChI is InChI=1S/C48H84N6O16/c1-32(2)43(52(29-15-23-40(61)68-8)35(55)18-11-22-39(60)67-7)46(64)49-26-12-19-36(56)53(30-16-24-41(62)69-9)44(33(3)4)47(65)50-27-13-20-37(57)54(31-17-25-42(63)70-10)45(34(5)6)48(66)51-28-14-21-38(58)59/h32-35,43-45,55H,11-31H2,1-10H3,(H,49,64)(H,50,65)(H,51,66)(H,58,59). The average molecular weight is 1000 g/mol. The molecule has 0 aromatic heterocycles. The zero-order valence-electron chi connectivity index (χ0n) is 43.3. The normalized spacial score (nSPS) is 12.9. The number of carbonyl (C=O) groups excluding carboxylic acids is 9. The van der Waals surface area contributed by atoms with E-state index in [9.17, 15) is 53.1 Å². The van der Waals surface area contributed by atoms with Crippen molar-refractivity contribution in [3.05, 3.63) is 0 Å². The van der Waals surface area contributed by atoms with Crippen LogP contribution in [0.5, 0.6) is 0 Å². The quantitative estimate of drug-likeness (QED) is 0.0257. The maximum Gasteiger partial charge on any atom is 0.305 e. The van der Waals surface area contributed by atoms with Crippen LogP contribution in [0.25, 0.3) is 0 Å². The van der Waals surface area contributed by atoms with Crippen molar-refractivity contribution >= 4 is 59.4 Å². The van der Waals surface area contributed by atoms with Crippen LogP contribution in [-0.2, 0) is 66.9 Å². The van der Waals surface area contributed by atoms with Crippen molar-refractivity contribution in [2.24, 2.45) is 17.8 Å². The van der Waals surface area contributed by atoms with Crippen LogP contribution < -0.4 is 16.0 Å². The van der Waals surface area contributed by atoms with Gasteiger partial charge in [-0.1, -0.05) is 41.5 Å². The van der Waals surface area contributed by atoms with Gasteiger partial charge in [-0.25, -0.2) is 0 Å². The van der Waals surface area contributed by atoms with E-state index in [1.165, 1.54) is 38.2 Å². The molecular formula is C48H84N6O16. The van der Waals surface area contributed by atoms with Crippen molar-refractivity contribution < 1.29 is 77.1 Å². The SMILES string of the molecule is COC(=O)CCCC(O)N(CCCC(=O)OC)C(C(=O)NCCCC(=O)N(CCCC(=O)OC)C(C(=O)NCCCC(=O)N(CCCC(=O)OC)C(C(=O)NCCCC(=O)O)C(C)C)C(C)C)C(C)C. The van der Waals surface area contributed by atoms with Gasteiger partial charge in [0.25, 0.3) is 0 Å². The van der Waals surface area contributed by atoms with E-state index in [0.717, 1.165) is 0 Å². The van der Waals surface area contributed by atoms with Gasteiger partial charge in [-0.15, -0.1) is 0 Å². The third kappa shape index (κ3) is 26.0. The molecule has 0 radical (unpaired) electrons. The lowest BCUT2D eigenvalue weighted by Crippen LogP contribution is -2.54. The van der Waals surface area contributed by atoms with E-state index in [4.69, 9.17) is 24.1 Å². The average Bonchev–Trinajstić information content (AvgIpc) is 3.30. The summed E-state index contributed by atoms with van der Waals surface area (Å²) in [5.74, 6) is -6.08. The van der Waals surface area contributed by atoms with E-state index in [0.29, 0.717) is 6.42 Å². The summed E-state index contributed by atoms with van der Waals surface area (Å²) in [7, 11) is 5.03. The van der Waals surface area contributed by atoms with Crippen LogP contribution in [0.2, 0.25) is 0 Å². The topological polar surface area (TPSA) is 294 Å². The van der Waals surface area contributed by atoms with Gasteiger partial charge in [0.2, 0.25) is 29.5 Å². The first-order valence-corrected chi connectivity index (χ1v) is 24.4. The number of aliphatic hydroxyl groups excluding tert-OH is 1. The van der Waals surface area contributed by atoms with Gasteiger partial charge in [-0.05, 0) is 69.1 Å². The molecule has 0 saturated carbocycles. The number of carboxylic acids is 1. The van der Waals surface area contributed by atoms with Crippen molar-refractivity contribution in [1.29, 1.82) is 0 Å². The fourth-order valence-electron chi connectivity index (χ4n) is 7.91. The molecule has 0 saturated heterocycles. The lowest BCUT2D eigenvalue weighted by atomic mass is 9.99. The first kappa shape index (κ1) is 64.6. The summed E-state index contributed by atoms with van der Waals surface area (Å²) in [4.78, 5) is 132. The fraction of sp³-hybridized carbons (Fsp3) is 0.792. The number of nitrogens with zero attached hydrogens (tertiary/aromatic N) is 3. The van der Waals surface area contributed by atoms with Crippen LogP contribution in [0.4, 0.5) is 0 Å². The van der Waals surface area contributed by atoms with Crippen molar-refractivity contribution in [2.75, 3.05) is 67.7 Å². The third-order valence-electron chi connectivity index (χ3n) is 11.5. The van der Waals surface area contributed by atoms with Crippen molar-refractivity contribution in [3.63, 3.8) is 0 Å². The number of aliphatic hydroxyl groups is 1. The summed E-state index contributed by atoms with van der Waals surface area (Å²) in [5, 5.41) is 28.6. The van der Waals surface area contributed by atoms with Gasteiger partial charge in [0, 0.05) is 84.2 Å². The molecule has 0 aliphatic heterocycles. The largest absolute Gasteiger partial charge is 0.481 e. The Morgan fingerprint density at radius 3 is 1.07 bits per heavy atom. The molecule has 5 amide bonds. The maximum atomic E-state index is 14.0. The molecule has 70 heavy (non-hydrogen) atoms. The Morgan fingerprint density at radius 1 is 0.429 bits per heavy atom. The Bertz CT molecular complexity index is 1660. The van der Waals surface area contributed by atoms with Crippen molar-refractivity contribution in [1.82, 2.24) is 30.7 Å². The van der Waals surface area contributed by atoms with Gasteiger partial charge in [0.1, 0.15) is 18.3 Å². The zero-order valence-corrected chi connectivity index (χ0v) is 43.3. The fourth-order valence-corrected chi connectivity index (χ4v) is 7.91. The number of carboxylic acid groups (broad SMARTS) is 1. The Morgan fingerprint density at radius 2 is 0.743 bits per heavy atom. The highest BCUT2D eigenvalue weighted by atomic mass is 16.5. The maximum absolute atomic E-state index is 14.0. The molecule has 0 rings (SSSR count). The Hall–Kier alpha value is -5.38. The molecular weight excluding hydrogens is 917 g/mol. The minimum Gasteiger partial charge on any atom is -0.481 e. The van der Waals surface area contributed by atoms with Gasteiger partial charge in [0.15, 0.2) is 0 Å². The van der Waals surface area contributed by atoms with E-state index < -0.39 is 89.7 Å². The third-order valence-corrected chi connectivity index (χ3v) is 11.5. The monoisotopic (exact) mass is 1000 g/mol. The van der Waals surface area contributed by atoms with Gasteiger partial charge in [0.05, 0.1) is 34.5 Å². The highest BCUT2D eigenvalue weighted by Gasteiger charge is 2.35. The van der Waals surface area contributed by atoms with E-state index >= 15 is 0 Å². The molecule has 0 fully saturated rings. The summed E-state index contributed by atoms with van der Waals surface area (Å²) >= 11 is 0. The van der Waals surface area contributed by atoms with E-state index in [2.05, 4.69) is 16.0 Å². The van der Waals surface area contributed by atoms with Gasteiger partial charge >= 0.3 is 29.8 Å². The summed E-state index contributed by atoms with van der Waals surface area (Å²) in [6, 6.07) is -2.75. The number of ether oxygens (including phenoxy) is 4. The molecule has 402 valence electrons. The van der Waals surface area contributed by atoms with E-state index in [-0.39, 0.29) is 141 Å². The number of amides is 5. The van der Waals surface area contributed by atoms with Gasteiger partial charge < -0.3 is 54.9 Å². The van der Waals surface area contributed by atoms with E-state index in [1.807, 2.05) is 13.8 Å². The number of rotatable bonds is 38. The lowest BCUT2D eigenvalue weighted by Gasteiger charge is -2.37. The van der Waals surface area contributed by atoms with Crippen LogP contribution >= 0.6 is 0 Å². The number of hydrogen-bond donors (Lipinski definition) is 5. The number of esters is 4. The summed E-state index contributed by atoms with van der Waals surface area (Å²) in [6.07, 6.45) is 0.378. The second kappa shape index (κ2) is 36.5. The molecule has 0 aliphatic rings. The van der Waals surface area contributed by atoms with Crippen molar-refractivity contribution in [3.8, 4) is 0 Å². The second-order valence-corrected chi connectivity index (χ2v) is 18.0. The molecule has 5 N–H and O–H groups in total. The molecule has 4 atom stereocenters. The molecule has 22 nitrogen and oxygen atoms in total. The highest BCUT2D eigenvalue weighted by Crippen LogP contribution is 2.21. The van der Waals surface area contributed by atoms with Crippen LogP contribution in [0, 0.1) is 17.8 Å². The minimum absolute atomic E-state index is 0.00648. The predicted molar refractivity (Wildman–Crippen MR) is 256 cm³/mol. The predicted octanol–water partition coefficient (Wildman–Crippen LogP) is 2.31. The van der Waals surface area contributed by atoms with Crippen LogP contribution in [-0.4, -0.2) is 176 Å². The number of nitrogens with one attached hydrogen (secondary N) is 3. The number of hydrogen-bond acceptors (Lipinski definition) is 16. The van der Waals surface area contributed by atoms with E-state index in [1.54, 1.807) is 32.6 Å². The minimum atomic E-state index is -1.13. The lowest BCUT2D eigenvalue weighted by molar-refractivity contribution is -0.144. The smallest absolute Gasteiger partial charge is 0.305 e. The summed E-state index contributed by atoms with van der Waals surface area (Å²) in [5.41, 5.74) is 0. The first-order chi connectivity index (χ1) is 33.1. The molecule has 0 aliphatic carbocycles. The number of carbonyl (C=O) groups is 10. The number of methoxy groups -OCH3 is 4. The highest BCUT2D eigenvalue weighted by molar-refractivity contribution is 5.89. The summed E-state index contributed by atoms with van der Waals surface area (Å²) < 4.78 is 19.0. The molecule has 0 bridgehead atoms. The van der Waals surface area contributed by atoms with Gasteiger partial charge in [-0.3, -0.25) is 52.8 Å². The molecule has 22 heteroatoms. The molecule has 0 spiro atoms. The molecule has 4 unspecified atom stereocenters. The van der Waals surface area contributed by atoms with Crippen LogP contribution in [0.1, 0.15) is 138 Å². The Labute approximate surface area is 413 Å². The van der Waals surface area contributed by atoms with Crippen LogP contribution in [0.15, 0.2) is 0 Å². The van der Waals surface area contributed by atoms with Crippen LogP contribution in [0.3, 0.4) is 0 Å². The second-order valence-electron chi connectivity index (χ2n) is 18.0. The van der Waals surface area contributed by atoms with Crippen molar-refractivity contribution in [2.45, 2.75) is 162 Å². The zero-order chi connectivity index (χ0) is 53.3.